The summed E-state index contributed by atoms with van der Waals surface area (Å²) in [4.78, 5) is 12.6. The Hall–Kier alpha value is -3.86. The van der Waals surface area contributed by atoms with Gasteiger partial charge in [0.1, 0.15) is 10.6 Å². The van der Waals surface area contributed by atoms with Gasteiger partial charge in [0.15, 0.2) is 0 Å². The number of aryl methyl sites for hydroxylation is 1. The molecule has 1 N–H and O–H groups in total. The van der Waals surface area contributed by atoms with Crippen LogP contribution in [0.5, 0.6) is 5.88 Å². The van der Waals surface area contributed by atoms with E-state index in [-0.39, 0.29) is 22.4 Å². The van der Waals surface area contributed by atoms with Crippen molar-refractivity contribution in [3.63, 3.8) is 0 Å². The van der Waals surface area contributed by atoms with E-state index in [4.69, 9.17) is 9.15 Å². The van der Waals surface area contributed by atoms with Crippen LogP contribution in [0, 0.1) is 6.92 Å². The fraction of sp³-hybridized carbons (Fsp3) is 0.105. The molecule has 0 saturated carbocycles. The quantitative estimate of drug-likeness (QED) is 0.496. The number of sulfonamides is 1. The van der Waals surface area contributed by atoms with Crippen LogP contribution in [0.2, 0.25) is 0 Å². The molecule has 0 aliphatic rings. The first-order chi connectivity index (χ1) is 14.5. The molecule has 3 aromatic heterocycles. The normalized spacial score (nSPS) is 11.3. The number of anilines is 1. The summed E-state index contributed by atoms with van der Waals surface area (Å²) in [7, 11) is -2.42. The highest BCUT2D eigenvalue weighted by Gasteiger charge is 2.21. The number of rotatable bonds is 6. The van der Waals surface area contributed by atoms with E-state index in [1.165, 1.54) is 32.0 Å². The van der Waals surface area contributed by atoms with Gasteiger partial charge in [0.2, 0.25) is 18.2 Å². The van der Waals surface area contributed by atoms with Crippen LogP contribution in [0.25, 0.3) is 22.7 Å². The van der Waals surface area contributed by atoms with Crippen LogP contribution < -0.4 is 9.46 Å². The van der Waals surface area contributed by atoms with Crippen LogP contribution in [0.1, 0.15) is 5.69 Å². The van der Waals surface area contributed by atoms with Crippen LogP contribution in [0.4, 0.5) is 5.69 Å². The highest BCUT2D eigenvalue weighted by molar-refractivity contribution is 7.92. The molecule has 0 spiro atoms. The first kappa shape index (κ1) is 19.5. The molecule has 3 heterocycles. The van der Waals surface area contributed by atoms with Gasteiger partial charge in [0, 0.05) is 29.7 Å². The Bertz CT molecular complexity index is 1280. The van der Waals surface area contributed by atoms with E-state index in [9.17, 15) is 8.42 Å². The van der Waals surface area contributed by atoms with Gasteiger partial charge in [-0.05, 0) is 37.3 Å². The van der Waals surface area contributed by atoms with Crippen molar-refractivity contribution in [2.75, 3.05) is 11.8 Å². The summed E-state index contributed by atoms with van der Waals surface area (Å²) in [5.41, 5.74) is 2.30. The van der Waals surface area contributed by atoms with E-state index >= 15 is 0 Å². The Labute approximate surface area is 172 Å². The molecule has 0 fully saturated rings. The van der Waals surface area contributed by atoms with Crippen molar-refractivity contribution in [1.29, 1.82) is 0 Å². The number of aromatic nitrogens is 5. The molecular formula is C19H16N6O4S. The Balaban J connectivity index is 1.87. The molecule has 0 radical (unpaired) electrons. The van der Waals surface area contributed by atoms with E-state index in [0.717, 1.165) is 0 Å². The van der Waals surface area contributed by atoms with E-state index in [0.29, 0.717) is 22.5 Å². The summed E-state index contributed by atoms with van der Waals surface area (Å²) in [5, 5.41) is 7.58. The number of pyridine rings is 1. The summed E-state index contributed by atoms with van der Waals surface area (Å²) < 4.78 is 38.9. The summed E-state index contributed by atoms with van der Waals surface area (Å²) in [6.45, 7) is 1.78. The lowest BCUT2D eigenvalue weighted by Gasteiger charge is -2.15. The van der Waals surface area contributed by atoms with Gasteiger partial charge in [-0.25, -0.2) is 18.4 Å². The highest BCUT2D eigenvalue weighted by atomic mass is 32.2. The molecule has 30 heavy (non-hydrogen) atoms. The van der Waals surface area contributed by atoms with Crippen LogP contribution in [-0.2, 0) is 10.0 Å². The first-order valence-corrected chi connectivity index (χ1v) is 10.2. The third-order valence-electron chi connectivity index (χ3n) is 4.13. The molecule has 0 atom stereocenters. The minimum absolute atomic E-state index is 0.0267. The van der Waals surface area contributed by atoms with Crippen molar-refractivity contribution in [3.8, 4) is 28.6 Å². The van der Waals surface area contributed by atoms with E-state index in [1.54, 1.807) is 37.4 Å². The Kier molecular flexibility index (Phi) is 5.11. The van der Waals surface area contributed by atoms with Gasteiger partial charge in [-0.1, -0.05) is 0 Å². The van der Waals surface area contributed by atoms with Crippen LogP contribution >= 0.6 is 0 Å². The fourth-order valence-electron chi connectivity index (χ4n) is 2.75. The molecule has 1 aromatic carbocycles. The zero-order valence-corrected chi connectivity index (χ0v) is 16.8. The minimum Gasteiger partial charge on any atom is -0.479 e. The molecule has 0 amide bonds. The number of methoxy groups -OCH3 is 1. The highest BCUT2D eigenvalue weighted by Crippen LogP contribution is 2.36. The first-order valence-electron chi connectivity index (χ1n) is 8.69. The average Bonchev–Trinajstić information content (AvgIpc) is 3.29. The van der Waals surface area contributed by atoms with Crippen LogP contribution in [0.3, 0.4) is 0 Å². The van der Waals surface area contributed by atoms with Crippen molar-refractivity contribution in [2.45, 2.75) is 11.8 Å². The lowest BCUT2D eigenvalue weighted by atomic mass is 10.1. The van der Waals surface area contributed by atoms with Crippen LogP contribution in [0.15, 0.2) is 64.6 Å². The van der Waals surface area contributed by atoms with Gasteiger partial charge in [-0.3, -0.25) is 9.71 Å². The molecule has 152 valence electrons. The Morgan fingerprint density at radius 2 is 2.03 bits per heavy atom. The van der Waals surface area contributed by atoms with Gasteiger partial charge >= 0.3 is 0 Å². The van der Waals surface area contributed by atoms with Gasteiger partial charge in [-0.15, -0.1) is 10.2 Å². The Morgan fingerprint density at radius 3 is 2.73 bits per heavy atom. The molecule has 4 aromatic rings. The zero-order valence-electron chi connectivity index (χ0n) is 16.0. The number of hydrogen-bond acceptors (Lipinski definition) is 9. The lowest BCUT2D eigenvalue weighted by Crippen LogP contribution is -2.14. The number of nitrogens with one attached hydrogen (secondary N) is 1. The summed E-state index contributed by atoms with van der Waals surface area (Å²) in [5.74, 6) is 0.524. The van der Waals surface area contributed by atoms with E-state index < -0.39 is 10.0 Å². The van der Waals surface area contributed by atoms with Crippen molar-refractivity contribution in [1.82, 2.24) is 25.1 Å². The number of hydrogen-bond donors (Lipinski definition) is 1. The maximum Gasteiger partial charge on any atom is 0.263 e. The smallest absolute Gasteiger partial charge is 0.263 e. The predicted octanol–water partition coefficient (Wildman–Crippen LogP) is 2.71. The van der Waals surface area contributed by atoms with Gasteiger partial charge in [0.05, 0.1) is 18.5 Å². The number of nitrogens with zero attached hydrogens (tertiary/aromatic N) is 5. The Morgan fingerprint density at radius 1 is 1.17 bits per heavy atom. The minimum atomic E-state index is -3.89. The molecular weight excluding hydrogens is 408 g/mol. The molecule has 10 nitrogen and oxygen atoms in total. The maximum atomic E-state index is 12.8. The van der Waals surface area contributed by atoms with Gasteiger partial charge in [0.25, 0.3) is 10.0 Å². The van der Waals surface area contributed by atoms with Crippen molar-refractivity contribution in [3.05, 3.63) is 61.0 Å². The van der Waals surface area contributed by atoms with Gasteiger partial charge < -0.3 is 9.15 Å². The maximum absolute atomic E-state index is 12.8. The molecule has 0 bridgehead atoms. The van der Waals surface area contributed by atoms with Crippen LogP contribution in [-0.4, -0.2) is 40.7 Å². The standard InChI is InChI=1S/C19H16N6O4S/c1-12-9-21-17(19(23-12)28-2)15-8-13(18-24-22-11-29-18)5-6-16(15)25-30(26,27)14-4-3-7-20-10-14/h3-11,25H,1-2H3. The largest absolute Gasteiger partial charge is 0.479 e. The number of ether oxygens (including phenoxy) is 1. The second-order valence-electron chi connectivity index (χ2n) is 6.17. The van der Waals surface area contributed by atoms with Crippen molar-refractivity contribution >= 4 is 15.7 Å². The average molecular weight is 424 g/mol. The molecule has 0 aliphatic carbocycles. The second-order valence-corrected chi connectivity index (χ2v) is 7.85. The van der Waals surface area contributed by atoms with E-state index in [1.807, 2.05) is 0 Å². The van der Waals surface area contributed by atoms with E-state index in [2.05, 4.69) is 29.9 Å². The fourth-order valence-corrected chi connectivity index (χ4v) is 3.80. The third kappa shape index (κ3) is 3.82. The molecule has 11 heteroatoms. The number of benzene rings is 1. The lowest BCUT2D eigenvalue weighted by molar-refractivity contribution is 0.396. The summed E-state index contributed by atoms with van der Waals surface area (Å²) in [6, 6.07) is 7.92. The van der Waals surface area contributed by atoms with Crippen molar-refractivity contribution in [2.24, 2.45) is 0 Å². The zero-order chi connectivity index (χ0) is 21.1. The predicted molar refractivity (Wildman–Crippen MR) is 107 cm³/mol. The topological polar surface area (TPSA) is 133 Å². The summed E-state index contributed by atoms with van der Waals surface area (Å²) >= 11 is 0. The molecule has 4 rings (SSSR count). The SMILES string of the molecule is COc1nc(C)cnc1-c1cc(-c2nnco2)ccc1NS(=O)(=O)c1cccnc1. The molecule has 0 unspecified atom stereocenters. The van der Waals surface area contributed by atoms with Gasteiger partial charge in [-0.2, -0.15) is 0 Å². The second kappa shape index (κ2) is 7.87. The summed E-state index contributed by atoms with van der Waals surface area (Å²) in [6.07, 6.45) is 5.54. The molecule has 0 saturated heterocycles. The van der Waals surface area contributed by atoms with Crippen molar-refractivity contribution < 1.29 is 17.6 Å². The monoisotopic (exact) mass is 424 g/mol. The third-order valence-corrected chi connectivity index (χ3v) is 5.48. The molecule has 0 aliphatic heterocycles.